The minimum absolute atomic E-state index is 0.0914. The Morgan fingerprint density at radius 3 is 2.12 bits per heavy atom. The number of piperidine rings is 1. The molecule has 3 aliphatic heterocycles. The number of benzene rings is 1. The van der Waals surface area contributed by atoms with Gasteiger partial charge < -0.3 is 29.7 Å². The number of aliphatic hydroxyl groups is 1. The molecule has 32 heavy (non-hydrogen) atoms. The molecule has 1 aromatic rings. The van der Waals surface area contributed by atoms with Crippen molar-refractivity contribution in [2.24, 2.45) is 0 Å². The molecule has 3 aliphatic rings. The molecule has 0 aromatic heterocycles. The van der Waals surface area contributed by atoms with Crippen LogP contribution in [0.3, 0.4) is 0 Å². The molecule has 3 heterocycles. The van der Waals surface area contributed by atoms with Crippen LogP contribution in [0, 0.1) is 0 Å². The molecule has 4 rings (SSSR count). The van der Waals surface area contributed by atoms with Gasteiger partial charge in [0.05, 0.1) is 19.3 Å². The van der Waals surface area contributed by atoms with Crippen LogP contribution in [0.15, 0.2) is 30.3 Å². The minimum Gasteiger partial charge on any atom is -0.483 e. The van der Waals surface area contributed by atoms with E-state index >= 15 is 0 Å². The fourth-order valence-electron chi connectivity index (χ4n) is 4.49. The van der Waals surface area contributed by atoms with Gasteiger partial charge in [-0.15, -0.1) is 0 Å². The van der Waals surface area contributed by atoms with E-state index in [1.165, 1.54) is 0 Å². The number of hydrogen-bond donors (Lipinski definition) is 3. The van der Waals surface area contributed by atoms with Crippen molar-refractivity contribution in [3.05, 3.63) is 35.9 Å². The Morgan fingerprint density at radius 2 is 1.56 bits per heavy atom. The monoisotopic (exact) mass is 453 g/mol. The third kappa shape index (κ3) is 7.22. The van der Waals surface area contributed by atoms with Crippen LogP contribution in [-0.2, 0) is 24.7 Å². The van der Waals surface area contributed by atoms with E-state index in [4.69, 9.17) is 29.3 Å². The summed E-state index contributed by atoms with van der Waals surface area (Å²) in [6, 6.07) is 10.3. The number of nitrogens with zero attached hydrogens (tertiary/aromatic N) is 3. The first kappa shape index (κ1) is 26.2. The number of rotatable bonds is 4. The second kappa shape index (κ2) is 13.5. The summed E-state index contributed by atoms with van der Waals surface area (Å²) in [4.78, 5) is 24.0. The summed E-state index contributed by atoms with van der Waals surface area (Å²) in [6.45, 7) is 7.47. The molecule has 3 fully saturated rings. The van der Waals surface area contributed by atoms with Crippen molar-refractivity contribution in [2.45, 2.75) is 24.4 Å². The molecule has 3 saturated heterocycles. The maximum Gasteiger partial charge on any atom is 0.290 e. The standard InChI is InChI=1S/C20H31N3O3.2CH2O2/c1-21-9-11-23(12-10-21)18-15-22(16-19-25-13-14-26-19)8-7-20(18,24)17-5-3-2-4-6-17;2*2-1-3/h2-6,18-19,24H,7-16H2,1H3;2*1H,(H,2,3)/t18-,20+;;/m1../s1. The molecule has 0 radical (unpaired) electrons. The van der Waals surface area contributed by atoms with Crippen LogP contribution in [0.1, 0.15) is 12.0 Å². The van der Waals surface area contributed by atoms with Gasteiger partial charge >= 0.3 is 0 Å². The van der Waals surface area contributed by atoms with Gasteiger partial charge in [-0.1, -0.05) is 30.3 Å². The number of carboxylic acid groups (broad SMARTS) is 2. The fraction of sp³-hybridized carbons (Fsp3) is 0.636. The number of piperazine rings is 1. The zero-order chi connectivity index (χ0) is 23.4. The highest BCUT2D eigenvalue weighted by atomic mass is 16.7. The molecule has 10 nitrogen and oxygen atoms in total. The molecule has 0 aliphatic carbocycles. The van der Waals surface area contributed by atoms with Gasteiger partial charge in [0, 0.05) is 45.8 Å². The van der Waals surface area contributed by atoms with Gasteiger partial charge in [-0.3, -0.25) is 19.4 Å². The quantitative estimate of drug-likeness (QED) is 0.536. The van der Waals surface area contributed by atoms with Crippen LogP contribution in [-0.4, -0.2) is 121 Å². The van der Waals surface area contributed by atoms with E-state index in [-0.39, 0.29) is 25.3 Å². The van der Waals surface area contributed by atoms with Crippen molar-refractivity contribution in [2.75, 3.05) is 66.1 Å². The molecule has 1 aromatic carbocycles. The van der Waals surface area contributed by atoms with E-state index in [2.05, 4.69) is 33.9 Å². The molecule has 10 heteroatoms. The Labute approximate surface area is 188 Å². The Hall–Kier alpha value is -2.08. The predicted molar refractivity (Wildman–Crippen MR) is 117 cm³/mol. The predicted octanol–water partition coefficient (Wildman–Crippen LogP) is -0.0296. The topological polar surface area (TPSA) is 123 Å². The summed E-state index contributed by atoms with van der Waals surface area (Å²) >= 11 is 0. The summed E-state index contributed by atoms with van der Waals surface area (Å²) in [7, 11) is 2.17. The van der Waals surface area contributed by atoms with Crippen LogP contribution in [0.25, 0.3) is 0 Å². The van der Waals surface area contributed by atoms with Crippen molar-refractivity contribution in [1.29, 1.82) is 0 Å². The Balaban J connectivity index is 0.000000547. The van der Waals surface area contributed by atoms with Crippen LogP contribution < -0.4 is 0 Å². The maximum absolute atomic E-state index is 11.8. The first-order chi connectivity index (χ1) is 15.5. The van der Waals surface area contributed by atoms with Crippen LogP contribution >= 0.6 is 0 Å². The van der Waals surface area contributed by atoms with Gasteiger partial charge in [-0.2, -0.15) is 0 Å². The molecule has 0 unspecified atom stereocenters. The highest BCUT2D eigenvalue weighted by molar-refractivity contribution is 5.33. The van der Waals surface area contributed by atoms with Crippen molar-refractivity contribution in [3.8, 4) is 0 Å². The van der Waals surface area contributed by atoms with Crippen molar-refractivity contribution in [3.63, 3.8) is 0 Å². The van der Waals surface area contributed by atoms with E-state index in [0.29, 0.717) is 13.2 Å². The molecule has 0 amide bonds. The number of likely N-dealkylation sites (N-methyl/N-ethyl adjacent to an activating group) is 1. The van der Waals surface area contributed by atoms with Gasteiger partial charge in [-0.25, -0.2) is 0 Å². The molecular weight excluding hydrogens is 418 g/mol. The van der Waals surface area contributed by atoms with Gasteiger partial charge in [0.1, 0.15) is 5.60 Å². The smallest absolute Gasteiger partial charge is 0.290 e. The lowest BCUT2D eigenvalue weighted by atomic mass is 9.79. The third-order valence-electron chi connectivity index (χ3n) is 6.14. The normalized spacial score (nSPS) is 27.5. The lowest BCUT2D eigenvalue weighted by Crippen LogP contribution is -2.64. The van der Waals surface area contributed by atoms with Gasteiger partial charge in [0.15, 0.2) is 6.29 Å². The van der Waals surface area contributed by atoms with Gasteiger partial charge in [0.2, 0.25) is 0 Å². The van der Waals surface area contributed by atoms with Crippen LogP contribution in [0.5, 0.6) is 0 Å². The summed E-state index contributed by atoms with van der Waals surface area (Å²) in [5.74, 6) is 0. The number of hydrogen-bond acceptors (Lipinski definition) is 8. The molecular formula is C22H35N3O7. The molecule has 0 saturated carbocycles. The van der Waals surface area contributed by atoms with E-state index < -0.39 is 5.60 Å². The number of likely N-dealkylation sites (tertiary alicyclic amines) is 1. The molecule has 0 bridgehead atoms. The van der Waals surface area contributed by atoms with Gasteiger partial charge in [-0.05, 0) is 19.0 Å². The highest BCUT2D eigenvalue weighted by Gasteiger charge is 2.46. The molecule has 0 spiro atoms. The largest absolute Gasteiger partial charge is 0.483 e. The summed E-state index contributed by atoms with van der Waals surface area (Å²) in [5, 5.41) is 25.5. The third-order valence-corrected chi connectivity index (χ3v) is 6.14. The van der Waals surface area contributed by atoms with Crippen molar-refractivity contribution >= 4 is 12.9 Å². The Bertz CT molecular complexity index is 661. The first-order valence-electron chi connectivity index (χ1n) is 10.8. The fourth-order valence-corrected chi connectivity index (χ4v) is 4.49. The average molecular weight is 454 g/mol. The molecule has 3 N–H and O–H groups in total. The second-order valence-electron chi connectivity index (χ2n) is 8.04. The lowest BCUT2D eigenvalue weighted by Gasteiger charge is -2.51. The van der Waals surface area contributed by atoms with E-state index in [1.54, 1.807) is 0 Å². The first-order valence-corrected chi connectivity index (χ1v) is 10.8. The summed E-state index contributed by atoms with van der Waals surface area (Å²) in [5.41, 5.74) is 0.238. The second-order valence-corrected chi connectivity index (χ2v) is 8.04. The number of carbonyl (C=O) groups is 2. The average Bonchev–Trinajstić information content (AvgIpc) is 3.31. The minimum atomic E-state index is -0.801. The zero-order valence-corrected chi connectivity index (χ0v) is 18.6. The highest BCUT2D eigenvalue weighted by Crippen LogP contribution is 2.36. The van der Waals surface area contributed by atoms with Crippen LogP contribution in [0.2, 0.25) is 0 Å². The summed E-state index contributed by atoms with van der Waals surface area (Å²) in [6.07, 6.45) is 0.617. The van der Waals surface area contributed by atoms with Crippen LogP contribution in [0.4, 0.5) is 0 Å². The summed E-state index contributed by atoms with van der Waals surface area (Å²) < 4.78 is 11.3. The van der Waals surface area contributed by atoms with E-state index in [0.717, 1.165) is 57.8 Å². The zero-order valence-electron chi connectivity index (χ0n) is 18.6. The van der Waals surface area contributed by atoms with E-state index in [1.807, 2.05) is 18.2 Å². The van der Waals surface area contributed by atoms with Gasteiger partial charge in [0.25, 0.3) is 12.9 Å². The number of ether oxygens (including phenoxy) is 2. The molecule has 2 atom stereocenters. The molecule has 180 valence electrons. The SMILES string of the molecule is CN1CCN([C@@H]2CN(CC3OCCO3)CC[C@]2(O)c2ccccc2)CC1.O=CO.O=CO. The Morgan fingerprint density at radius 1 is 1.00 bits per heavy atom. The lowest BCUT2D eigenvalue weighted by molar-refractivity contribution is -0.125. The van der Waals surface area contributed by atoms with E-state index in [9.17, 15) is 5.11 Å². The maximum atomic E-state index is 11.8. The Kier molecular flexibility index (Phi) is 11.0. The van der Waals surface area contributed by atoms with Crippen molar-refractivity contribution in [1.82, 2.24) is 14.7 Å². The van der Waals surface area contributed by atoms with Crippen molar-refractivity contribution < 1.29 is 34.4 Å².